The fraction of sp³-hybridized carbons (Fsp3) is 0.125. The van der Waals surface area contributed by atoms with E-state index in [-0.39, 0.29) is 0 Å². The molecule has 0 unspecified atom stereocenters. The van der Waals surface area contributed by atoms with Gasteiger partial charge in [-0.15, -0.1) is 0 Å². The Morgan fingerprint density at radius 1 is 0.765 bits per heavy atom. The van der Waals surface area contributed by atoms with Gasteiger partial charge in [-0.1, -0.05) is 60.7 Å². The summed E-state index contributed by atoms with van der Waals surface area (Å²) in [6, 6.07) is 20.5. The number of benzene rings is 2. The number of hydrogen-bond donors (Lipinski definition) is 1. The zero-order valence-electron chi connectivity index (χ0n) is 9.69. The maximum Gasteiger partial charge on any atom is 0.00279 e. The quantitative estimate of drug-likeness (QED) is 0.762. The first kappa shape index (κ1) is 11.4. The molecule has 0 aliphatic carbocycles. The minimum atomic E-state index is 0.805. The van der Waals surface area contributed by atoms with Crippen molar-refractivity contribution in [1.82, 2.24) is 0 Å². The molecule has 84 valence electrons. The van der Waals surface area contributed by atoms with Crippen LogP contribution in [0.15, 0.2) is 66.2 Å². The summed E-state index contributed by atoms with van der Waals surface area (Å²) in [5, 5.41) is 7.37. The average molecular weight is 221 g/mol. The van der Waals surface area contributed by atoms with E-state index in [4.69, 9.17) is 5.41 Å². The van der Waals surface area contributed by atoms with Crippen LogP contribution in [0.5, 0.6) is 0 Å². The Morgan fingerprint density at radius 2 is 1.18 bits per heavy atom. The molecule has 1 nitrogen and oxygen atoms in total. The summed E-state index contributed by atoms with van der Waals surface area (Å²) in [5.74, 6) is 2.57. The van der Waals surface area contributed by atoms with Gasteiger partial charge in [0, 0.05) is 12.8 Å². The van der Waals surface area contributed by atoms with Gasteiger partial charge in [0.1, 0.15) is 0 Å². The monoisotopic (exact) mass is 221 g/mol. The fourth-order valence-electron chi connectivity index (χ4n) is 1.84. The van der Waals surface area contributed by atoms with E-state index >= 15 is 0 Å². The van der Waals surface area contributed by atoms with Crippen LogP contribution < -0.4 is 0 Å². The van der Waals surface area contributed by atoms with Crippen molar-refractivity contribution in [2.45, 2.75) is 12.8 Å². The minimum Gasteiger partial charge on any atom is -0.259 e. The lowest BCUT2D eigenvalue weighted by Crippen LogP contribution is -1.96. The summed E-state index contributed by atoms with van der Waals surface area (Å²) in [7, 11) is 0. The zero-order valence-corrected chi connectivity index (χ0v) is 9.69. The minimum absolute atomic E-state index is 0.805. The summed E-state index contributed by atoms with van der Waals surface area (Å²) in [4.78, 5) is 0. The van der Waals surface area contributed by atoms with Gasteiger partial charge in [-0.3, -0.25) is 5.41 Å². The normalized spacial score (nSPS) is 9.65. The Bertz CT molecular complexity index is 464. The Hall–Kier alpha value is -2.11. The topological polar surface area (TPSA) is 23.9 Å². The van der Waals surface area contributed by atoms with Crippen molar-refractivity contribution in [1.29, 1.82) is 5.41 Å². The molecule has 2 rings (SSSR count). The van der Waals surface area contributed by atoms with E-state index in [1.165, 1.54) is 11.1 Å². The van der Waals surface area contributed by atoms with Crippen molar-refractivity contribution in [2.75, 3.05) is 0 Å². The van der Waals surface area contributed by atoms with Gasteiger partial charge in [-0.2, -0.15) is 0 Å². The summed E-state index contributed by atoms with van der Waals surface area (Å²) in [6.45, 7) is 0. The molecular weight excluding hydrogens is 206 g/mol. The van der Waals surface area contributed by atoms with Gasteiger partial charge in [-0.25, -0.2) is 0 Å². The molecule has 1 N–H and O–H groups in total. The molecule has 0 aliphatic rings. The van der Waals surface area contributed by atoms with Gasteiger partial charge in [0.2, 0.25) is 0 Å². The van der Waals surface area contributed by atoms with Gasteiger partial charge in [0.15, 0.2) is 0 Å². The van der Waals surface area contributed by atoms with Crippen LogP contribution in [-0.4, -0.2) is 5.87 Å². The van der Waals surface area contributed by atoms with E-state index in [0.717, 1.165) is 18.4 Å². The molecule has 0 radical (unpaired) electrons. The molecule has 0 heterocycles. The van der Waals surface area contributed by atoms with Crippen molar-refractivity contribution in [3.8, 4) is 0 Å². The highest BCUT2D eigenvalue weighted by Gasteiger charge is 2.01. The van der Waals surface area contributed by atoms with Crippen LogP contribution >= 0.6 is 0 Å². The highest BCUT2D eigenvalue weighted by atomic mass is 14.3. The smallest absolute Gasteiger partial charge is 0.00279 e. The highest BCUT2D eigenvalue weighted by Crippen LogP contribution is 2.11. The maximum atomic E-state index is 7.37. The lowest BCUT2D eigenvalue weighted by atomic mass is 10.00. The zero-order chi connectivity index (χ0) is 11.9. The number of allylic oxidation sites excluding steroid dienone is 1. The van der Waals surface area contributed by atoms with E-state index in [1.807, 2.05) is 36.4 Å². The number of hydrogen-bond acceptors (Lipinski definition) is 1. The van der Waals surface area contributed by atoms with E-state index in [2.05, 4.69) is 30.1 Å². The Kier molecular flexibility index (Phi) is 3.90. The van der Waals surface area contributed by atoms with E-state index < -0.39 is 0 Å². The second kappa shape index (κ2) is 5.83. The molecule has 1 heteroatoms. The molecule has 0 aromatic heterocycles. The molecule has 0 atom stereocenters. The highest BCUT2D eigenvalue weighted by molar-refractivity contribution is 5.57. The van der Waals surface area contributed by atoms with Crippen LogP contribution in [-0.2, 0) is 12.8 Å². The third kappa shape index (κ3) is 3.44. The first-order valence-electron chi connectivity index (χ1n) is 5.74. The van der Waals surface area contributed by atoms with Crippen LogP contribution in [0.3, 0.4) is 0 Å². The van der Waals surface area contributed by atoms with Gasteiger partial charge in [0.25, 0.3) is 0 Å². The molecule has 0 saturated heterocycles. The van der Waals surface area contributed by atoms with Crippen LogP contribution in [0.4, 0.5) is 0 Å². The van der Waals surface area contributed by atoms with Crippen LogP contribution in [0.25, 0.3) is 0 Å². The van der Waals surface area contributed by atoms with Crippen molar-refractivity contribution in [2.24, 2.45) is 0 Å². The van der Waals surface area contributed by atoms with E-state index in [9.17, 15) is 0 Å². The fourth-order valence-corrected chi connectivity index (χ4v) is 1.84. The number of nitrogens with one attached hydrogen (secondary N) is 1. The van der Waals surface area contributed by atoms with E-state index in [0.29, 0.717) is 0 Å². The van der Waals surface area contributed by atoms with Crippen molar-refractivity contribution in [3.63, 3.8) is 0 Å². The van der Waals surface area contributed by atoms with Crippen molar-refractivity contribution >= 4 is 5.87 Å². The molecule has 0 amide bonds. The molecule has 2 aromatic carbocycles. The summed E-state index contributed by atoms with van der Waals surface area (Å²) < 4.78 is 0. The third-order valence-electron chi connectivity index (χ3n) is 2.70. The van der Waals surface area contributed by atoms with Crippen LogP contribution in [0, 0.1) is 5.41 Å². The lowest BCUT2D eigenvalue weighted by Gasteiger charge is -2.04. The maximum absolute atomic E-state index is 7.37. The molecule has 0 bridgehead atoms. The molecule has 0 saturated carbocycles. The van der Waals surface area contributed by atoms with Crippen molar-refractivity contribution < 1.29 is 0 Å². The van der Waals surface area contributed by atoms with Crippen molar-refractivity contribution in [3.05, 3.63) is 77.4 Å². The van der Waals surface area contributed by atoms with Gasteiger partial charge < -0.3 is 0 Å². The third-order valence-corrected chi connectivity index (χ3v) is 2.70. The summed E-state index contributed by atoms with van der Waals surface area (Å²) >= 11 is 0. The number of rotatable bonds is 4. The largest absolute Gasteiger partial charge is 0.259 e. The molecule has 0 spiro atoms. The average Bonchev–Trinajstić information content (AvgIpc) is 2.40. The predicted molar refractivity (Wildman–Crippen MR) is 71.5 cm³/mol. The van der Waals surface area contributed by atoms with Crippen LogP contribution in [0.2, 0.25) is 0 Å². The standard InChI is InChI=1S/C16H15N/c17-13-16(11-14-7-3-1-4-8-14)12-15-9-5-2-6-10-15/h1-10,17H,11-12H2. The first-order chi connectivity index (χ1) is 8.38. The van der Waals surface area contributed by atoms with Crippen LogP contribution in [0.1, 0.15) is 11.1 Å². The SMILES string of the molecule is N=C=C(Cc1ccccc1)Cc1ccccc1. The molecule has 2 aromatic rings. The Labute approximate surface area is 102 Å². The van der Waals surface area contributed by atoms with Gasteiger partial charge >= 0.3 is 0 Å². The second-order valence-electron chi connectivity index (χ2n) is 4.05. The predicted octanol–water partition coefficient (Wildman–Crippen LogP) is 3.65. The summed E-state index contributed by atoms with van der Waals surface area (Å²) in [6.07, 6.45) is 1.61. The second-order valence-corrected chi connectivity index (χ2v) is 4.05. The van der Waals surface area contributed by atoms with E-state index in [1.54, 1.807) is 0 Å². The summed E-state index contributed by atoms with van der Waals surface area (Å²) in [5.41, 5.74) is 3.48. The molecule has 0 aliphatic heterocycles. The van der Waals surface area contributed by atoms with Gasteiger partial charge in [-0.05, 0) is 22.6 Å². The lowest BCUT2D eigenvalue weighted by molar-refractivity contribution is 1.05. The molecule has 17 heavy (non-hydrogen) atoms. The van der Waals surface area contributed by atoms with Gasteiger partial charge in [0.05, 0.1) is 0 Å². The Morgan fingerprint density at radius 3 is 1.53 bits per heavy atom. The molecule has 0 fully saturated rings. The first-order valence-corrected chi connectivity index (χ1v) is 5.74. The molecular formula is C16H15N. The Balaban J connectivity index is 2.07.